The molecule has 0 heterocycles. The Hall–Kier alpha value is -0.690. The quantitative estimate of drug-likeness (QED) is 0.837. The summed E-state index contributed by atoms with van der Waals surface area (Å²) < 4.78 is 40.8. The van der Waals surface area contributed by atoms with Gasteiger partial charge in [0.05, 0.1) is 4.90 Å². The van der Waals surface area contributed by atoms with Gasteiger partial charge in [-0.3, -0.25) is 0 Å². The second-order valence-electron chi connectivity index (χ2n) is 5.55. The van der Waals surface area contributed by atoms with Gasteiger partial charge >= 0.3 is 0 Å². The highest BCUT2D eigenvalue weighted by atomic mass is 35.5. The number of sulfonamides is 1. The summed E-state index contributed by atoms with van der Waals surface area (Å²) in [6.07, 6.45) is 0.662. The predicted octanol–water partition coefficient (Wildman–Crippen LogP) is 2.52. The summed E-state index contributed by atoms with van der Waals surface area (Å²) >= 11 is 0. The Morgan fingerprint density at radius 2 is 1.71 bits per heavy atom. The highest BCUT2D eigenvalue weighted by molar-refractivity contribution is 7.89. The third-order valence-corrected chi connectivity index (χ3v) is 4.58. The van der Waals surface area contributed by atoms with E-state index in [9.17, 15) is 12.8 Å². The number of nitrogens with two attached hydrogens (primary N) is 1. The van der Waals surface area contributed by atoms with Crippen molar-refractivity contribution in [1.82, 2.24) is 4.72 Å². The van der Waals surface area contributed by atoms with E-state index >= 15 is 0 Å². The zero-order chi connectivity index (χ0) is 15.5. The van der Waals surface area contributed by atoms with Gasteiger partial charge in [-0.2, -0.15) is 0 Å². The Bertz CT molecular complexity index is 553. The summed E-state index contributed by atoms with van der Waals surface area (Å²) in [5.41, 5.74) is 6.24. The van der Waals surface area contributed by atoms with Crippen LogP contribution in [0.5, 0.6) is 0 Å². The van der Waals surface area contributed by atoms with Gasteiger partial charge in [0, 0.05) is 12.6 Å². The Morgan fingerprint density at radius 1 is 1.24 bits per heavy atom. The topological polar surface area (TPSA) is 72.2 Å². The van der Waals surface area contributed by atoms with Crippen LogP contribution in [0, 0.1) is 25.6 Å². The van der Waals surface area contributed by atoms with Crippen molar-refractivity contribution in [1.29, 1.82) is 0 Å². The molecule has 122 valence electrons. The van der Waals surface area contributed by atoms with E-state index in [2.05, 4.69) is 4.72 Å². The molecule has 0 aliphatic carbocycles. The normalized spacial score (nSPS) is 13.1. The lowest BCUT2D eigenvalue weighted by Crippen LogP contribution is -2.41. The van der Waals surface area contributed by atoms with Crippen molar-refractivity contribution in [2.45, 2.75) is 45.1 Å². The van der Waals surface area contributed by atoms with Gasteiger partial charge in [-0.1, -0.05) is 13.8 Å². The maximum Gasteiger partial charge on any atom is 0.240 e. The monoisotopic (exact) mass is 338 g/mol. The van der Waals surface area contributed by atoms with E-state index in [0.717, 1.165) is 0 Å². The van der Waals surface area contributed by atoms with Gasteiger partial charge in [-0.25, -0.2) is 17.5 Å². The average molecular weight is 339 g/mol. The second kappa shape index (κ2) is 8.08. The summed E-state index contributed by atoms with van der Waals surface area (Å²) in [6.45, 7) is 7.34. The molecule has 0 saturated heterocycles. The van der Waals surface area contributed by atoms with Crippen LogP contribution in [0.1, 0.15) is 31.4 Å². The third kappa shape index (κ3) is 5.54. The molecule has 1 rings (SSSR count). The molecule has 4 nitrogen and oxygen atoms in total. The van der Waals surface area contributed by atoms with Crippen molar-refractivity contribution in [2.24, 2.45) is 11.7 Å². The van der Waals surface area contributed by atoms with Crippen LogP contribution in [-0.2, 0) is 10.0 Å². The van der Waals surface area contributed by atoms with Gasteiger partial charge in [0.2, 0.25) is 10.0 Å². The minimum Gasteiger partial charge on any atom is -0.329 e. The van der Waals surface area contributed by atoms with E-state index < -0.39 is 10.0 Å². The number of hydrogen-bond acceptors (Lipinski definition) is 3. The molecule has 7 heteroatoms. The lowest BCUT2D eigenvalue weighted by atomic mass is 10.1. The first-order chi connectivity index (χ1) is 9.17. The van der Waals surface area contributed by atoms with E-state index in [4.69, 9.17) is 5.73 Å². The molecule has 0 saturated carbocycles. The summed E-state index contributed by atoms with van der Waals surface area (Å²) in [7, 11) is -3.68. The summed E-state index contributed by atoms with van der Waals surface area (Å²) in [4.78, 5) is 0.0797. The van der Waals surface area contributed by atoms with Crippen LogP contribution < -0.4 is 10.5 Å². The van der Waals surface area contributed by atoms with Gasteiger partial charge in [-0.05, 0) is 49.4 Å². The van der Waals surface area contributed by atoms with Crippen molar-refractivity contribution in [3.05, 3.63) is 29.1 Å². The van der Waals surface area contributed by atoms with Crippen LogP contribution in [0.25, 0.3) is 0 Å². The number of aryl methyl sites for hydroxylation is 2. The smallest absolute Gasteiger partial charge is 0.240 e. The maximum absolute atomic E-state index is 13.6. The molecule has 1 unspecified atom stereocenters. The zero-order valence-electron chi connectivity index (χ0n) is 12.8. The van der Waals surface area contributed by atoms with E-state index in [1.807, 2.05) is 13.8 Å². The van der Waals surface area contributed by atoms with Crippen molar-refractivity contribution in [3.63, 3.8) is 0 Å². The Morgan fingerprint density at radius 3 is 2.10 bits per heavy atom. The van der Waals surface area contributed by atoms with Gasteiger partial charge < -0.3 is 5.73 Å². The van der Waals surface area contributed by atoms with Gasteiger partial charge in [0.15, 0.2) is 0 Å². The summed E-state index contributed by atoms with van der Waals surface area (Å²) in [5, 5.41) is 0. The molecule has 21 heavy (non-hydrogen) atoms. The summed E-state index contributed by atoms with van der Waals surface area (Å²) in [6, 6.07) is 2.37. The molecular formula is C14H24ClFN2O2S. The first-order valence-electron chi connectivity index (χ1n) is 6.66. The number of hydrogen-bond donors (Lipinski definition) is 2. The third-order valence-electron chi connectivity index (χ3n) is 3.08. The fourth-order valence-corrected chi connectivity index (χ4v) is 3.54. The Balaban J connectivity index is 0.00000400. The van der Waals surface area contributed by atoms with E-state index in [1.165, 1.54) is 12.1 Å². The van der Waals surface area contributed by atoms with Gasteiger partial charge in [0.25, 0.3) is 0 Å². The van der Waals surface area contributed by atoms with Gasteiger partial charge in [0.1, 0.15) is 5.82 Å². The first kappa shape index (κ1) is 20.3. The van der Waals surface area contributed by atoms with Crippen LogP contribution in [0.4, 0.5) is 4.39 Å². The van der Waals surface area contributed by atoms with Gasteiger partial charge in [-0.15, -0.1) is 12.4 Å². The van der Waals surface area contributed by atoms with E-state index in [-0.39, 0.29) is 35.7 Å². The highest BCUT2D eigenvalue weighted by Gasteiger charge is 2.21. The van der Waals surface area contributed by atoms with Crippen LogP contribution >= 0.6 is 12.4 Å². The van der Waals surface area contributed by atoms with Crippen LogP contribution in [-0.4, -0.2) is 21.0 Å². The minimum absolute atomic E-state index is 0. The molecule has 0 fully saturated rings. The maximum atomic E-state index is 13.6. The molecular weight excluding hydrogens is 315 g/mol. The second-order valence-corrected chi connectivity index (χ2v) is 7.27. The van der Waals surface area contributed by atoms with Crippen molar-refractivity contribution >= 4 is 22.4 Å². The number of halogens is 2. The lowest BCUT2D eigenvalue weighted by Gasteiger charge is -2.19. The first-order valence-corrected chi connectivity index (χ1v) is 8.14. The molecule has 0 spiro atoms. The van der Waals surface area contributed by atoms with Crippen LogP contribution in [0.15, 0.2) is 17.0 Å². The largest absolute Gasteiger partial charge is 0.329 e. The fraction of sp³-hybridized carbons (Fsp3) is 0.571. The zero-order valence-corrected chi connectivity index (χ0v) is 14.4. The molecule has 0 radical (unpaired) electrons. The number of rotatable bonds is 6. The van der Waals surface area contributed by atoms with Crippen LogP contribution in [0.2, 0.25) is 0 Å². The molecule has 0 aliphatic heterocycles. The molecule has 0 aliphatic rings. The molecule has 1 aromatic rings. The summed E-state index contributed by atoms with van der Waals surface area (Å²) in [5.74, 6) is -0.0376. The molecule has 1 atom stereocenters. The SMILES string of the molecule is Cc1cc(S(=O)(=O)NC(CN)CC(C)C)cc(C)c1F.Cl. The standard InChI is InChI=1S/C14H23FN2O2S.ClH/c1-9(2)5-12(8-16)17-20(18,19)13-6-10(3)14(15)11(4)7-13;/h6-7,9,12,17H,5,8,16H2,1-4H3;1H. The van der Waals surface area contributed by atoms with E-state index in [1.54, 1.807) is 13.8 Å². The molecule has 0 amide bonds. The van der Waals surface area contributed by atoms with Crippen molar-refractivity contribution in [2.75, 3.05) is 6.54 Å². The average Bonchev–Trinajstić information content (AvgIpc) is 2.33. The van der Waals surface area contributed by atoms with E-state index in [0.29, 0.717) is 23.5 Å². The molecule has 3 N–H and O–H groups in total. The number of nitrogens with one attached hydrogen (secondary N) is 1. The molecule has 1 aromatic carbocycles. The van der Waals surface area contributed by atoms with Crippen molar-refractivity contribution in [3.8, 4) is 0 Å². The van der Waals surface area contributed by atoms with Crippen LogP contribution in [0.3, 0.4) is 0 Å². The number of benzene rings is 1. The molecule has 0 aromatic heterocycles. The minimum atomic E-state index is -3.68. The predicted molar refractivity (Wildman–Crippen MR) is 85.7 cm³/mol. The lowest BCUT2D eigenvalue weighted by molar-refractivity contribution is 0.465. The molecule has 0 bridgehead atoms. The van der Waals surface area contributed by atoms with Crippen molar-refractivity contribution < 1.29 is 12.8 Å². The Labute approximate surface area is 132 Å². The fourth-order valence-electron chi connectivity index (χ4n) is 2.11. The Kier molecular flexibility index (Phi) is 7.81. The highest BCUT2D eigenvalue weighted by Crippen LogP contribution is 2.19.